The number of thiophene rings is 2. The van der Waals surface area contributed by atoms with Crippen molar-refractivity contribution in [1.29, 1.82) is 0 Å². The lowest BCUT2D eigenvalue weighted by Gasteiger charge is -2.08. The van der Waals surface area contributed by atoms with Crippen molar-refractivity contribution in [2.24, 2.45) is 14.1 Å². The fraction of sp³-hybridized carbons (Fsp3) is 0.128. The maximum absolute atomic E-state index is 8.23. The summed E-state index contributed by atoms with van der Waals surface area (Å²) in [6, 6.07) is 37.1. The maximum atomic E-state index is 8.23. The van der Waals surface area contributed by atoms with Crippen LogP contribution in [0, 0.1) is 27.6 Å². The molecule has 0 bridgehead atoms. The van der Waals surface area contributed by atoms with Crippen LogP contribution in [0.3, 0.4) is 0 Å². The number of aromatic nitrogens is 3. The molecule has 10 rings (SSSR count). The molecular formula is C47H39N3S2+2. The number of benzene rings is 5. The van der Waals surface area contributed by atoms with E-state index in [4.69, 9.17) is 8.22 Å². The average molecular weight is 716 g/mol. The van der Waals surface area contributed by atoms with Gasteiger partial charge in [0.05, 0.1) is 16.5 Å². The zero-order chi connectivity index (χ0) is 40.7. The number of aryl methyl sites for hydroxylation is 6. The molecule has 0 saturated carbocycles. The van der Waals surface area contributed by atoms with Crippen LogP contribution in [0.1, 0.15) is 30.5 Å². The first-order chi connectivity index (χ1) is 27.7. The summed E-state index contributed by atoms with van der Waals surface area (Å²) in [5, 5.41) is 7.92. The van der Waals surface area contributed by atoms with Crippen molar-refractivity contribution in [3.8, 4) is 22.5 Å². The number of nitrogens with zero attached hydrogens (tertiary/aromatic N) is 3. The van der Waals surface area contributed by atoms with Crippen molar-refractivity contribution < 1.29 is 17.4 Å². The van der Waals surface area contributed by atoms with Crippen molar-refractivity contribution in [3.05, 3.63) is 150 Å². The number of hydrogen-bond acceptors (Lipinski definition) is 3. The van der Waals surface area contributed by atoms with E-state index >= 15 is 0 Å². The summed E-state index contributed by atoms with van der Waals surface area (Å²) in [6.07, 6.45) is 5.60. The summed E-state index contributed by atoms with van der Waals surface area (Å²) in [4.78, 5) is 4.46. The minimum atomic E-state index is -2.30. The fourth-order valence-electron chi connectivity index (χ4n) is 7.73. The standard InChI is InChI=1S/C24H21N2S.C23H18NS/c1-14-7-8-17(15(2)12-14)23-24-21(16(3)13-26(23)4)22-18-6-5-11-25-19(18)9-10-20(22)27-24;1-15-7-3-5-9-17(15)23-22-20(13-14-24(23)2)25-19-12-11-16-8-4-6-10-18(16)21(19)22/h5-13H,1-4H3;3-14H,1-2H3/q2*+1/i1D3,3D3;. The number of fused-ring (bicyclic) bond motifs is 10. The second-order valence-corrected chi connectivity index (χ2v) is 15.6. The molecule has 0 atom stereocenters. The largest absolute Gasteiger partial charge is 0.256 e. The molecular weight excluding hydrogens is 671 g/mol. The lowest BCUT2D eigenvalue weighted by Crippen LogP contribution is -2.31. The lowest BCUT2D eigenvalue weighted by molar-refractivity contribution is -0.659. The van der Waals surface area contributed by atoms with Gasteiger partial charge in [-0.2, -0.15) is 4.57 Å². The molecule has 5 heteroatoms. The molecule has 0 fully saturated rings. The van der Waals surface area contributed by atoms with Crippen molar-refractivity contribution in [3.63, 3.8) is 0 Å². The maximum Gasteiger partial charge on any atom is 0.230 e. The Morgan fingerprint density at radius 1 is 0.577 bits per heavy atom. The van der Waals surface area contributed by atoms with Crippen LogP contribution in [0.5, 0.6) is 0 Å². The Morgan fingerprint density at radius 3 is 2.17 bits per heavy atom. The van der Waals surface area contributed by atoms with E-state index in [1.54, 1.807) is 35.9 Å². The normalized spacial score (nSPS) is 13.8. The van der Waals surface area contributed by atoms with E-state index in [2.05, 4.69) is 96.4 Å². The molecule has 0 spiro atoms. The first-order valence-electron chi connectivity index (χ1n) is 20.2. The zero-order valence-corrected chi connectivity index (χ0v) is 30.9. The fourth-order valence-corrected chi connectivity index (χ4v) is 10.2. The molecule has 0 unspecified atom stereocenters. The zero-order valence-electron chi connectivity index (χ0n) is 35.3. The second kappa shape index (κ2) is 12.6. The van der Waals surface area contributed by atoms with Crippen LogP contribution < -0.4 is 9.13 Å². The molecule has 5 aromatic carbocycles. The first-order valence-corrected chi connectivity index (χ1v) is 18.9. The van der Waals surface area contributed by atoms with E-state index < -0.39 is 13.7 Å². The van der Waals surface area contributed by atoms with Gasteiger partial charge < -0.3 is 0 Å². The van der Waals surface area contributed by atoms with Gasteiger partial charge in [-0.3, -0.25) is 4.98 Å². The van der Waals surface area contributed by atoms with Gasteiger partial charge in [-0.15, -0.1) is 22.7 Å². The van der Waals surface area contributed by atoms with Gasteiger partial charge in [0, 0.05) is 67.3 Å². The predicted octanol–water partition coefficient (Wildman–Crippen LogP) is 12.0. The summed E-state index contributed by atoms with van der Waals surface area (Å²) >= 11 is 3.44. The van der Waals surface area contributed by atoms with E-state index in [9.17, 15) is 0 Å². The van der Waals surface area contributed by atoms with Crippen LogP contribution in [0.2, 0.25) is 0 Å². The van der Waals surface area contributed by atoms with Crippen LogP contribution in [0.25, 0.3) is 84.5 Å². The highest BCUT2D eigenvalue weighted by Gasteiger charge is 2.24. The number of pyridine rings is 3. The third-order valence-electron chi connectivity index (χ3n) is 10.1. The molecule has 0 N–H and O–H groups in total. The summed E-state index contributed by atoms with van der Waals surface area (Å²) in [5.74, 6) is 0. The molecule has 52 heavy (non-hydrogen) atoms. The minimum Gasteiger partial charge on any atom is -0.256 e. The van der Waals surface area contributed by atoms with Crippen molar-refractivity contribution >= 4 is 84.7 Å². The van der Waals surface area contributed by atoms with E-state index in [0.717, 1.165) is 42.5 Å². The van der Waals surface area contributed by atoms with Gasteiger partial charge in [0.15, 0.2) is 12.4 Å². The molecule has 0 amide bonds. The SMILES string of the molecule is Cc1ccccc1-c1c2c(cc[n+]1C)sc1ccc3ccccc3c12.[2H]C([2H])([2H])c1ccc(-c2c3sc4ccc5ncccc5c4c3c(C([2H])([2H])[2H])c[n+]2C)c(C)c1. The van der Waals surface area contributed by atoms with Crippen molar-refractivity contribution in [1.82, 2.24) is 4.98 Å². The minimum absolute atomic E-state index is 0.287. The van der Waals surface area contributed by atoms with Crippen LogP contribution in [0.15, 0.2) is 128 Å². The van der Waals surface area contributed by atoms with E-state index in [-0.39, 0.29) is 5.56 Å². The highest BCUT2D eigenvalue weighted by molar-refractivity contribution is 7.26. The van der Waals surface area contributed by atoms with Crippen LogP contribution in [0.4, 0.5) is 0 Å². The summed E-state index contributed by atoms with van der Waals surface area (Å²) in [5.41, 5.74) is 7.89. The first kappa shape index (κ1) is 26.3. The Bertz CT molecular complexity index is 3270. The highest BCUT2D eigenvalue weighted by atomic mass is 32.1. The topological polar surface area (TPSA) is 20.6 Å². The van der Waals surface area contributed by atoms with E-state index in [1.165, 1.54) is 47.8 Å². The monoisotopic (exact) mass is 715 g/mol. The van der Waals surface area contributed by atoms with Gasteiger partial charge in [0.2, 0.25) is 11.4 Å². The Labute approximate surface area is 320 Å². The van der Waals surface area contributed by atoms with Gasteiger partial charge in [-0.25, -0.2) is 4.57 Å². The second-order valence-electron chi connectivity index (χ2n) is 13.4. The molecule has 10 aromatic rings. The molecule has 0 radical (unpaired) electrons. The van der Waals surface area contributed by atoms with Crippen molar-refractivity contribution in [2.75, 3.05) is 0 Å². The molecule has 0 aliphatic rings. The molecule has 5 heterocycles. The Balaban J connectivity index is 0.000000156. The Hall–Kier alpha value is -5.49. The van der Waals surface area contributed by atoms with E-state index in [1.807, 2.05) is 60.2 Å². The predicted molar refractivity (Wildman–Crippen MR) is 224 cm³/mol. The van der Waals surface area contributed by atoms with Crippen molar-refractivity contribution in [2.45, 2.75) is 27.6 Å². The van der Waals surface area contributed by atoms with Crippen LogP contribution in [-0.2, 0) is 14.1 Å². The molecule has 0 saturated heterocycles. The van der Waals surface area contributed by atoms with Gasteiger partial charge in [-0.05, 0) is 85.8 Å². The molecule has 3 nitrogen and oxygen atoms in total. The van der Waals surface area contributed by atoms with Crippen LogP contribution in [-0.4, -0.2) is 4.98 Å². The lowest BCUT2D eigenvalue weighted by atomic mass is 9.98. The van der Waals surface area contributed by atoms with Crippen LogP contribution >= 0.6 is 22.7 Å². The molecule has 252 valence electrons. The molecule has 0 aliphatic heterocycles. The van der Waals surface area contributed by atoms with Gasteiger partial charge in [-0.1, -0.05) is 72.3 Å². The third-order valence-corrected chi connectivity index (χ3v) is 12.4. The summed E-state index contributed by atoms with van der Waals surface area (Å²) < 4.78 is 56.5. The quantitative estimate of drug-likeness (QED) is 0.163. The van der Waals surface area contributed by atoms with Gasteiger partial charge in [0.1, 0.15) is 18.8 Å². The molecule has 5 aromatic heterocycles. The number of rotatable bonds is 2. The third kappa shape index (κ3) is 5.18. The average Bonchev–Trinajstić information content (AvgIpc) is 3.77. The summed E-state index contributed by atoms with van der Waals surface area (Å²) in [7, 11) is 3.99. The summed E-state index contributed by atoms with van der Waals surface area (Å²) in [6.45, 7) is -0.399. The number of hydrogen-bond donors (Lipinski definition) is 0. The molecule has 0 aliphatic carbocycles. The highest BCUT2D eigenvalue weighted by Crippen LogP contribution is 2.44. The Kier molecular flexibility index (Phi) is 6.39. The van der Waals surface area contributed by atoms with Gasteiger partial charge in [0.25, 0.3) is 0 Å². The Morgan fingerprint density at radius 2 is 1.33 bits per heavy atom. The van der Waals surface area contributed by atoms with E-state index in [0.29, 0.717) is 10.9 Å². The smallest absolute Gasteiger partial charge is 0.230 e. The van der Waals surface area contributed by atoms with Gasteiger partial charge >= 0.3 is 0 Å².